The number of hydrogen-bond donors (Lipinski definition) is 2. The molecule has 5 heteroatoms. The van der Waals surface area contributed by atoms with Gasteiger partial charge >= 0.3 is 0 Å². The second-order valence-electron chi connectivity index (χ2n) is 5.61. The number of hydrogen-bond acceptors (Lipinski definition) is 3. The maximum atomic E-state index is 11.7. The summed E-state index contributed by atoms with van der Waals surface area (Å²) in [6.45, 7) is 2.06. The standard InChI is InChI=1S/C17H18ClN3O/c1-11(20-16-8-9-19-10-15(16)18)12-4-6-14(7-5-12)21-17(22)13-2-3-13/h4-11,13H,2-3H2,1H3,(H,19,20)(H,21,22). The van der Waals surface area contributed by atoms with E-state index in [0.717, 1.165) is 29.8 Å². The molecule has 1 fully saturated rings. The molecule has 0 radical (unpaired) electrons. The highest BCUT2D eigenvalue weighted by Gasteiger charge is 2.29. The minimum atomic E-state index is 0.105. The average Bonchev–Trinajstić information content (AvgIpc) is 3.35. The predicted octanol–water partition coefficient (Wildman–Crippen LogP) is 4.26. The van der Waals surface area contributed by atoms with E-state index in [1.54, 1.807) is 12.4 Å². The molecule has 1 heterocycles. The van der Waals surface area contributed by atoms with Gasteiger partial charge in [-0.15, -0.1) is 0 Å². The molecule has 0 spiro atoms. The number of anilines is 2. The SMILES string of the molecule is CC(Nc1ccncc1Cl)c1ccc(NC(=O)C2CC2)cc1. The van der Waals surface area contributed by atoms with Crippen molar-refractivity contribution in [3.8, 4) is 0 Å². The minimum absolute atomic E-state index is 0.105. The van der Waals surface area contributed by atoms with Gasteiger partial charge in [0.1, 0.15) is 0 Å². The lowest BCUT2D eigenvalue weighted by molar-refractivity contribution is -0.117. The van der Waals surface area contributed by atoms with Crippen LogP contribution in [0.4, 0.5) is 11.4 Å². The molecule has 4 nitrogen and oxygen atoms in total. The van der Waals surface area contributed by atoms with E-state index < -0.39 is 0 Å². The number of amides is 1. The van der Waals surface area contributed by atoms with Crippen LogP contribution in [0.5, 0.6) is 0 Å². The number of aromatic nitrogens is 1. The molecule has 0 saturated heterocycles. The Labute approximate surface area is 134 Å². The van der Waals surface area contributed by atoms with Crippen LogP contribution in [0.15, 0.2) is 42.7 Å². The summed E-state index contributed by atoms with van der Waals surface area (Å²) in [6, 6.07) is 9.84. The number of carbonyl (C=O) groups is 1. The highest BCUT2D eigenvalue weighted by molar-refractivity contribution is 6.33. The minimum Gasteiger partial charge on any atom is -0.377 e. The van der Waals surface area contributed by atoms with Crippen LogP contribution in [0.1, 0.15) is 31.4 Å². The fraction of sp³-hybridized carbons (Fsp3) is 0.294. The maximum absolute atomic E-state index is 11.7. The van der Waals surface area contributed by atoms with Crippen LogP contribution in [-0.2, 0) is 4.79 Å². The lowest BCUT2D eigenvalue weighted by Crippen LogP contribution is -2.13. The summed E-state index contributed by atoms with van der Waals surface area (Å²) in [5.74, 6) is 0.344. The normalized spacial score (nSPS) is 15.2. The van der Waals surface area contributed by atoms with Crippen LogP contribution >= 0.6 is 11.6 Å². The van der Waals surface area contributed by atoms with Gasteiger partial charge in [-0.1, -0.05) is 23.7 Å². The van der Waals surface area contributed by atoms with Gasteiger partial charge in [-0.2, -0.15) is 0 Å². The summed E-state index contributed by atoms with van der Waals surface area (Å²) < 4.78 is 0. The molecule has 114 valence electrons. The van der Waals surface area contributed by atoms with E-state index in [-0.39, 0.29) is 17.9 Å². The van der Waals surface area contributed by atoms with Crippen molar-refractivity contribution in [3.05, 3.63) is 53.3 Å². The van der Waals surface area contributed by atoms with Crippen LogP contribution in [-0.4, -0.2) is 10.9 Å². The van der Waals surface area contributed by atoms with Crippen LogP contribution in [0.25, 0.3) is 0 Å². The number of nitrogens with zero attached hydrogens (tertiary/aromatic N) is 1. The van der Waals surface area contributed by atoms with Crippen LogP contribution in [0.3, 0.4) is 0 Å². The van der Waals surface area contributed by atoms with Gasteiger partial charge in [0.05, 0.1) is 10.7 Å². The lowest BCUT2D eigenvalue weighted by atomic mass is 10.1. The molecule has 3 rings (SSSR count). The van der Waals surface area contributed by atoms with Gasteiger partial charge in [0.15, 0.2) is 0 Å². The number of benzene rings is 1. The number of nitrogens with one attached hydrogen (secondary N) is 2. The highest BCUT2D eigenvalue weighted by atomic mass is 35.5. The molecular formula is C17H18ClN3O. The zero-order valence-corrected chi connectivity index (χ0v) is 13.1. The molecule has 0 aliphatic heterocycles. The van der Waals surface area contributed by atoms with E-state index >= 15 is 0 Å². The van der Waals surface area contributed by atoms with Gasteiger partial charge in [0, 0.05) is 30.0 Å². The smallest absolute Gasteiger partial charge is 0.227 e. The molecule has 2 N–H and O–H groups in total. The van der Waals surface area contributed by atoms with Crippen molar-refractivity contribution < 1.29 is 4.79 Å². The van der Waals surface area contributed by atoms with Gasteiger partial charge in [0.25, 0.3) is 0 Å². The largest absolute Gasteiger partial charge is 0.377 e. The predicted molar refractivity (Wildman–Crippen MR) is 89.1 cm³/mol. The molecular weight excluding hydrogens is 298 g/mol. The topological polar surface area (TPSA) is 54.0 Å². The molecule has 1 amide bonds. The van der Waals surface area contributed by atoms with Crippen LogP contribution in [0.2, 0.25) is 5.02 Å². The quantitative estimate of drug-likeness (QED) is 0.867. The third-order valence-corrected chi connectivity index (χ3v) is 4.07. The molecule has 1 unspecified atom stereocenters. The first-order valence-electron chi connectivity index (χ1n) is 7.40. The first kappa shape index (κ1) is 14.9. The van der Waals surface area contributed by atoms with Crippen LogP contribution in [0, 0.1) is 5.92 Å². The molecule has 1 aromatic carbocycles. The Morgan fingerprint density at radius 3 is 2.64 bits per heavy atom. The summed E-state index contributed by atoms with van der Waals surface area (Å²) in [5.41, 5.74) is 2.82. The van der Waals surface area contributed by atoms with E-state index in [9.17, 15) is 4.79 Å². The Bertz CT molecular complexity index is 668. The Kier molecular flexibility index (Phi) is 4.29. The van der Waals surface area contributed by atoms with Gasteiger partial charge in [-0.05, 0) is 43.5 Å². The third-order valence-electron chi connectivity index (χ3n) is 3.77. The molecule has 1 aliphatic rings. The maximum Gasteiger partial charge on any atom is 0.227 e. The zero-order valence-electron chi connectivity index (χ0n) is 12.3. The Hall–Kier alpha value is -2.07. The van der Waals surface area contributed by atoms with Crippen molar-refractivity contribution in [2.75, 3.05) is 10.6 Å². The van der Waals surface area contributed by atoms with Crippen molar-refractivity contribution in [1.82, 2.24) is 4.98 Å². The van der Waals surface area contributed by atoms with E-state index in [2.05, 4.69) is 22.5 Å². The molecule has 1 saturated carbocycles. The third kappa shape index (κ3) is 3.57. The number of pyridine rings is 1. The van der Waals surface area contributed by atoms with Crippen molar-refractivity contribution in [2.45, 2.75) is 25.8 Å². The highest BCUT2D eigenvalue weighted by Crippen LogP contribution is 2.30. The molecule has 0 bridgehead atoms. The van der Waals surface area contributed by atoms with Crippen molar-refractivity contribution >= 4 is 28.9 Å². The molecule has 2 aromatic rings. The van der Waals surface area contributed by atoms with Gasteiger partial charge < -0.3 is 10.6 Å². The molecule has 1 aliphatic carbocycles. The zero-order chi connectivity index (χ0) is 15.5. The summed E-state index contributed by atoms with van der Waals surface area (Å²) in [4.78, 5) is 15.7. The lowest BCUT2D eigenvalue weighted by Gasteiger charge is -2.17. The first-order valence-corrected chi connectivity index (χ1v) is 7.78. The monoisotopic (exact) mass is 315 g/mol. The van der Waals surface area contributed by atoms with Crippen molar-refractivity contribution in [2.24, 2.45) is 5.92 Å². The Morgan fingerprint density at radius 2 is 2.00 bits per heavy atom. The van der Waals surface area contributed by atoms with Crippen LogP contribution < -0.4 is 10.6 Å². The number of rotatable bonds is 5. The van der Waals surface area contributed by atoms with E-state index in [1.807, 2.05) is 30.3 Å². The van der Waals surface area contributed by atoms with Gasteiger partial charge in [-0.25, -0.2) is 0 Å². The molecule has 1 atom stereocenters. The van der Waals surface area contributed by atoms with E-state index in [4.69, 9.17) is 11.6 Å². The summed E-state index contributed by atoms with van der Waals surface area (Å²) in [5, 5.41) is 6.90. The summed E-state index contributed by atoms with van der Waals surface area (Å²) >= 11 is 6.10. The fourth-order valence-electron chi connectivity index (χ4n) is 2.25. The van der Waals surface area contributed by atoms with Crippen molar-refractivity contribution in [1.29, 1.82) is 0 Å². The fourth-order valence-corrected chi connectivity index (χ4v) is 2.43. The van der Waals surface area contributed by atoms with E-state index in [0.29, 0.717) is 5.02 Å². The van der Waals surface area contributed by atoms with E-state index in [1.165, 1.54) is 0 Å². The van der Waals surface area contributed by atoms with Crippen molar-refractivity contribution in [3.63, 3.8) is 0 Å². The average molecular weight is 316 g/mol. The summed E-state index contributed by atoms with van der Waals surface area (Å²) in [7, 11) is 0. The second-order valence-corrected chi connectivity index (χ2v) is 6.01. The number of carbonyl (C=O) groups excluding carboxylic acids is 1. The van der Waals surface area contributed by atoms with Gasteiger partial charge in [-0.3, -0.25) is 9.78 Å². The Balaban J connectivity index is 1.64. The Morgan fingerprint density at radius 1 is 1.27 bits per heavy atom. The summed E-state index contributed by atoms with van der Waals surface area (Å²) in [6.07, 6.45) is 5.35. The molecule has 22 heavy (non-hydrogen) atoms. The second kappa shape index (κ2) is 6.36. The first-order chi connectivity index (χ1) is 10.6. The molecule has 1 aromatic heterocycles. The van der Waals surface area contributed by atoms with Gasteiger partial charge in [0.2, 0.25) is 5.91 Å². The number of halogens is 1.